The number of ether oxygens (including phenoxy) is 1. The smallest absolute Gasteiger partial charge is 0.159 e. The van der Waals surface area contributed by atoms with Crippen molar-refractivity contribution in [2.24, 2.45) is 0 Å². The number of Topliss-reactive ketones (excluding diaryl/α,β-unsaturated/α-hetero) is 1. The molecule has 1 atom stereocenters. The molecule has 0 amide bonds. The van der Waals surface area contributed by atoms with Gasteiger partial charge in [-0.25, -0.2) is 0 Å². The summed E-state index contributed by atoms with van der Waals surface area (Å²) >= 11 is 0. The standard InChI is InChI=1S/C15H21NO2.ClH/c1-12(17)13-5-7-15(8-6-13)18-11-9-14-4-2-3-10-16-14;/h5-8,14,16H,2-4,9-11H2,1H3;1H. The first-order chi connectivity index (χ1) is 8.75. The van der Waals surface area contributed by atoms with Crippen LogP contribution in [0, 0.1) is 0 Å². The van der Waals surface area contributed by atoms with Gasteiger partial charge in [0, 0.05) is 11.6 Å². The van der Waals surface area contributed by atoms with Crippen LogP contribution in [0.3, 0.4) is 0 Å². The molecule has 0 spiro atoms. The van der Waals surface area contributed by atoms with Gasteiger partial charge in [-0.1, -0.05) is 6.42 Å². The second-order valence-corrected chi connectivity index (χ2v) is 4.86. The first-order valence-electron chi connectivity index (χ1n) is 6.73. The molecule has 1 saturated heterocycles. The van der Waals surface area contributed by atoms with E-state index < -0.39 is 0 Å². The molecule has 3 nitrogen and oxygen atoms in total. The highest BCUT2D eigenvalue weighted by atomic mass is 35.5. The highest BCUT2D eigenvalue weighted by Gasteiger charge is 2.11. The molecule has 106 valence electrons. The molecular weight excluding hydrogens is 262 g/mol. The summed E-state index contributed by atoms with van der Waals surface area (Å²) in [5.41, 5.74) is 0.733. The predicted octanol–water partition coefficient (Wildman–Crippen LogP) is 3.22. The molecule has 0 aliphatic carbocycles. The first-order valence-corrected chi connectivity index (χ1v) is 6.73. The average molecular weight is 284 g/mol. The fourth-order valence-corrected chi connectivity index (χ4v) is 2.28. The highest BCUT2D eigenvalue weighted by Crippen LogP contribution is 2.14. The fourth-order valence-electron chi connectivity index (χ4n) is 2.28. The Morgan fingerprint density at radius 1 is 1.32 bits per heavy atom. The Balaban J connectivity index is 0.00000180. The van der Waals surface area contributed by atoms with Crippen molar-refractivity contribution < 1.29 is 9.53 Å². The minimum atomic E-state index is 0. The molecule has 1 fully saturated rings. The molecule has 4 heteroatoms. The Morgan fingerprint density at radius 2 is 2.05 bits per heavy atom. The van der Waals surface area contributed by atoms with Gasteiger partial charge in [0.2, 0.25) is 0 Å². The molecular formula is C15H22ClNO2. The molecule has 1 aromatic rings. The maximum Gasteiger partial charge on any atom is 0.159 e. The van der Waals surface area contributed by atoms with Crippen LogP contribution in [0.4, 0.5) is 0 Å². The number of rotatable bonds is 5. The van der Waals surface area contributed by atoms with E-state index in [2.05, 4.69) is 5.32 Å². The van der Waals surface area contributed by atoms with Gasteiger partial charge in [-0.05, 0) is 57.0 Å². The molecule has 0 bridgehead atoms. The summed E-state index contributed by atoms with van der Waals surface area (Å²) in [5, 5.41) is 3.50. The molecule has 0 saturated carbocycles. The summed E-state index contributed by atoms with van der Waals surface area (Å²) in [6.45, 7) is 3.44. The lowest BCUT2D eigenvalue weighted by atomic mass is 10.0. The molecule has 1 aliphatic rings. The Labute approximate surface area is 121 Å². The number of nitrogens with one attached hydrogen (secondary N) is 1. The third-order valence-corrected chi connectivity index (χ3v) is 3.41. The number of carbonyl (C=O) groups excluding carboxylic acids is 1. The monoisotopic (exact) mass is 283 g/mol. The van der Waals surface area contributed by atoms with Crippen LogP contribution in [0.25, 0.3) is 0 Å². The Hall–Kier alpha value is -1.06. The molecule has 19 heavy (non-hydrogen) atoms. The zero-order chi connectivity index (χ0) is 12.8. The highest BCUT2D eigenvalue weighted by molar-refractivity contribution is 5.94. The van der Waals surface area contributed by atoms with E-state index in [-0.39, 0.29) is 18.2 Å². The lowest BCUT2D eigenvalue weighted by Gasteiger charge is -2.23. The predicted molar refractivity (Wildman–Crippen MR) is 79.4 cm³/mol. The molecule has 1 unspecified atom stereocenters. The van der Waals surface area contributed by atoms with Crippen LogP contribution in [0.5, 0.6) is 5.75 Å². The van der Waals surface area contributed by atoms with Gasteiger partial charge in [0.05, 0.1) is 6.61 Å². The zero-order valence-electron chi connectivity index (χ0n) is 11.4. The van der Waals surface area contributed by atoms with Gasteiger partial charge in [0.1, 0.15) is 5.75 Å². The van der Waals surface area contributed by atoms with Crippen LogP contribution < -0.4 is 10.1 Å². The largest absolute Gasteiger partial charge is 0.494 e. The van der Waals surface area contributed by atoms with Crippen LogP contribution in [0.2, 0.25) is 0 Å². The Kier molecular flexibility index (Phi) is 6.89. The minimum absolute atomic E-state index is 0. The Morgan fingerprint density at radius 3 is 2.63 bits per heavy atom. The number of ketones is 1. The van der Waals surface area contributed by atoms with Crippen LogP contribution in [0.1, 0.15) is 43.0 Å². The molecule has 0 radical (unpaired) electrons. The lowest BCUT2D eigenvalue weighted by molar-refractivity contribution is 0.101. The summed E-state index contributed by atoms with van der Waals surface area (Å²) in [6, 6.07) is 7.97. The quantitative estimate of drug-likeness (QED) is 0.843. The molecule has 1 aromatic carbocycles. The number of benzene rings is 1. The molecule has 1 heterocycles. The van der Waals surface area contributed by atoms with E-state index in [0.29, 0.717) is 6.04 Å². The third-order valence-electron chi connectivity index (χ3n) is 3.41. The first kappa shape index (κ1) is 16.0. The topological polar surface area (TPSA) is 38.3 Å². The molecule has 1 aliphatic heterocycles. The van der Waals surface area contributed by atoms with Gasteiger partial charge >= 0.3 is 0 Å². The van der Waals surface area contributed by atoms with Crippen molar-refractivity contribution in [1.82, 2.24) is 5.32 Å². The van der Waals surface area contributed by atoms with E-state index in [9.17, 15) is 4.79 Å². The fraction of sp³-hybridized carbons (Fsp3) is 0.533. The minimum Gasteiger partial charge on any atom is -0.494 e. The van der Waals surface area contributed by atoms with Gasteiger partial charge in [-0.3, -0.25) is 4.79 Å². The summed E-state index contributed by atoms with van der Waals surface area (Å²) in [7, 11) is 0. The van der Waals surface area contributed by atoms with Gasteiger partial charge in [0.25, 0.3) is 0 Å². The number of hydrogen-bond donors (Lipinski definition) is 1. The second-order valence-electron chi connectivity index (χ2n) is 4.86. The number of carbonyl (C=O) groups is 1. The Bertz CT molecular complexity index is 386. The van der Waals surface area contributed by atoms with Crippen molar-refractivity contribution >= 4 is 18.2 Å². The van der Waals surface area contributed by atoms with E-state index in [4.69, 9.17) is 4.74 Å². The van der Waals surface area contributed by atoms with Gasteiger partial charge in [-0.15, -0.1) is 12.4 Å². The zero-order valence-corrected chi connectivity index (χ0v) is 12.2. The summed E-state index contributed by atoms with van der Waals surface area (Å²) in [6.07, 6.45) is 4.93. The van der Waals surface area contributed by atoms with Gasteiger partial charge < -0.3 is 10.1 Å². The van der Waals surface area contributed by atoms with Crippen molar-refractivity contribution in [3.63, 3.8) is 0 Å². The molecule has 0 aromatic heterocycles. The van der Waals surface area contributed by atoms with E-state index in [1.165, 1.54) is 19.3 Å². The summed E-state index contributed by atoms with van der Waals surface area (Å²) in [4.78, 5) is 11.1. The molecule has 2 rings (SSSR count). The summed E-state index contributed by atoms with van der Waals surface area (Å²) in [5.74, 6) is 0.934. The van der Waals surface area contributed by atoms with Crippen LogP contribution in [-0.2, 0) is 0 Å². The van der Waals surface area contributed by atoms with E-state index in [0.717, 1.165) is 30.9 Å². The van der Waals surface area contributed by atoms with Gasteiger partial charge in [0.15, 0.2) is 5.78 Å². The molecule has 1 N–H and O–H groups in total. The van der Waals surface area contributed by atoms with Crippen molar-refractivity contribution in [1.29, 1.82) is 0 Å². The second kappa shape index (κ2) is 8.18. The lowest BCUT2D eigenvalue weighted by Crippen LogP contribution is -2.35. The van der Waals surface area contributed by atoms with E-state index >= 15 is 0 Å². The normalized spacial score (nSPS) is 18.5. The van der Waals surface area contributed by atoms with Crippen molar-refractivity contribution in [2.75, 3.05) is 13.2 Å². The van der Waals surface area contributed by atoms with Crippen molar-refractivity contribution in [2.45, 2.75) is 38.6 Å². The summed E-state index contributed by atoms with van der Waals surface area (Å²) < 4.78 is 5.69. The maximum absolute atomic E-state index is 11.1. The average Bonchev–Trinajstić information content (AvgIpc) is 2.40. The van der Waals surface area contributed by atoms with E-state index in [1.807, 2.05) is 24.3 Å². The van der Waals surface area contributed by atoms with Crippen LogP contribution in [0.15, 0.2) is 24.3 Å². The van der Waals surface area contributed by atoms with Crippen molar-refractivity contribution in [3.05, 3.63) is 29.8 Å². The van der Waals surface area contributed by atoms with E-state index in [1.54, 1.807) is 6.92 Å². The number of hydrogen-bond acceptors (Lipinski definition) is 3. The maximum atomic E-state index is 11.1. The van der Waals surface area contributed by atoms with Gasteiger partial charge in [-0.2, -0.15) is 0 Å². The van der Waals surface area contributed by atoms with Crippen molar-refractivity contribution in [3.8, 4) is 5.75 Å². The SMILES string of the molecule is CC(=O)c1ccc(OCCC2CCCCN2)cc1.Cl. The number of piperidine rings is 1. The third kappa shape index (κ3) is 5.21. The van der Waals surface area contributed by atoms with Crippen LogP contribution in [-0.4, -0.2) is 25.0 Å². The van der Waals surface area contributed by atoms with Crippen LogP contribution >= 0.6 is 12.4 Å². The number of halogens is 1.